The number of fused-ring (bicyclic) bond motifs is 4. The van der Waals surface area contributed by atoms with Gasteiger partial charge < -0.3 is 14.4 Å². The zero-order valence-electron chi connectivity index (χ0n) is 13.3. The van der Waals surface area contributed by atoms with Gasteiger partial charge in [0.15, 0.2) is 0 Å². The highest BCUT2D eigenvalue weighted by molar-refractivity contribution is 5.84. The molecule has 2 fully saturated rings. The molecule has 4 rings (SSSR count). The Kier molecular flexibility index (Phi) is 3.10. The lowest BCUT2D eigenvalue weighted by atomic mass is 9.82. The molecule has 3 aliphatic rings. The first-order valence-electron chi connectivity index (χ1n) is 8.02. The van der Waals surface area contributed by atoms with Crippen molar-refractivity contribution >= 4 is 5.91 Å². The lowest BCUT2D eigenvalue weighted by Gasteiger charge is -2.34. The van der Waals surface area contributed by atoms with Gasteiger partial charge in [-0.2, -0.15) is 5.26 Å². The lowest BCUT2D eigenvalue weighted by molar-refractivity contribution is -0.145. The van der Waals surface area contributed by atoms with Gasteiger partial charge >= 0.3 is 0 Å². The number of ether oxygens (including phenoxy) is 2. The van der Waals surface area contributed by atoms with Crippen molar-refractivity contribution in [1.29, 1.82) is 5.26 Å². The Hall–Kier alpha value is -2.13. The maximum atomic E-state index is 13.2. The van der Waals surface area contributed by atoms with E-state index in [1.807, 2.05) is 18.7 Å². The SMILES string of the molecule is CC1OCCC1(C)C(=O)N1C[C@@H]2C[C@H]1c1cncc(C#N)c1O2. The molecule has 1 amide bonds. The molecule has 4 atom stereocenters. The van der Waals surface area contributed by atoms with Gasteiger partial charge in [-0.3, -0.25) is 9.78 Å². The largest absolute Gasteiger partial charge is 0.487 e. The van der Waals surface area contributed by atoms with E-state index in [1.165, 1.54) is 6.20 Å². The van der Waals surface area contributed by atoms with Gasteiger partial charge in [-0.15, -0.1) is 0 Å². The smallest absolute Gasteiger partial charge is 0.231 e. The first-order chi connectivity index (χ1) is 11.0. The van der Waals surface area contributed by atoms with E-state index in [1.54, 1.807) is 6.20 Å². The van der Waals surface area contributed by atoms with Gasteiger partial charge in [0, 0.05) is 31.0 Å². The van der Waals surface area contributed by atoms with E-state index in [0.717, 1.165) is 18.4 Å². The molecule has 6 heteroatoms. The van der Waals surface area contributed by atoms with Crippen molar-refractivity contribution in [3.05, 3.63) is 23.5 Å². The van der Waals surface area contributed by atoms with E-state index in [0.29, 0.717) is 24.5 Å². The van der Waals surface area contributed by atoms with Crippen LogP contribution in [0.5, 0.6) is 5.75 Å². The quantitative estimate of drug-likeness (QED) is 0.790. The summed E-state index contributed by atoms with van der Waals surface area (Å²) in [6.45, 7) is 5.14. The third kappa shape index (κ3) is 1.96. The first kappa shape index (κ1) is 14.5. The second-order valence-corrected chi connectivity index (χ2v) is 6.85. The summed E-state index contributed by atoms with van der Waals surface area (Å²) in [6, 6.07) is 2.07. The van der Waals surface area contributed by atoms with Crippen LogP contribution in [0.15, 0.2) is 12.4 Å². The molecule has 0 spiro atoms. The van der Waals surface area contributed by atoms with Crippen molar-refractivity contribution in [3.63, 3.8) is 0 Å². The van der Waals surface area contributed by atoms with Crippen molar-refractivity contribution < 1.29 is 14.3 Å². The predicted molar refractivity (Wildman–Crippen MR) is 80.6 cm³/mol. The number of likely N-dealkylation sites (tertiary alicyclic amines) is 1. The van der Waals surface area contributed by atoms with Crippen LogP contribution in [0.3, 0.4) is 0 Å². The van der Waals surface area contributed by atoms with Crippen molar-refractivity contribution in [2.45, 2.75) is 44.9 Å². The first-order valence-corrected chi connectivity index (χ1v) is 8.02. The molecule has 6 nitrogen and oxygen atoms in total. The maximum Gasteiger partial charge on any atom is 0.231 e. The van der Waals surface area contributed by atoms with Gasteiger partial charge in [-0.05, 0) is 20.3 Å². The fraction of sp³-hybridized carbons (Fsp3) is 0.588. The number of nitrogens with zero attached hydrogens (tertiary/aromatic N) is 3. The van der Waals surface area contributed by atoms with Crippen LogP contribution in [0.2, 0.25) is 0 Å². The van der Waals surface area contributed by atoms with E-state index >= 15 is 0 Å². The van der Waals surface area contributed by atoms with E-state index in [9.17, 15) is 10.1 Å². The van der Waals surface area contributed by atoms with Gasteiger partial charge in [0.05, 0.1) is 24.1 Å². The molecule has 0 N–H and O–H groups in total. The Bertz CT molecular complexity index is 714. The molecule has 0 radical (unpaired) electrons. The standard InChI is InChI=1S/C17H19N3O3/c1-10-17(2,3-4-22-10)16(21)20-9-12-5-14(20)13-8-19-7-11(6-18)15(13)23-12/h7-8,10,12,14H,3-5,9H2,1-2H3/t10?,12-,14-,17?/m0/s1. The number of carbonyl (C=O) groups is 1. The van der Waals surface area contributed by atoms with Crippen LogP contribution < -0.4 is 4.74 Å². The number of hydrogen-bond acceptors (Lipinski definition) is 5. The van der Waals surface area contributed by atoms with Crippen LogP contribution in [-0.4, -0.2) is 41.2 Å². The average molecular weight is 313 g/mol. The number of amides is 1. The van der Waals surface area contributed by atoms with E-state index in [4.69, 9.17) is 9.47 Å². The van der Waals surface area contributed by atoms with Gasteiger partial charge in [0.1, 0.15) is 23.5 Å². The number of carbonyl (C=O) groups excluding carboxylic acids is 1. The lowest BCUT2D eigenvalue weighted by Crippen LogP contribution is -2.45. The minimum atomic E-state index is -0.488. The summed E-state index contributed by atoms with van der Waals surface area (Å²) < 4.78 is 11.6. The van der Waals surface area contributed by atoms with E-state index in [-0.39, 0.29) is 24.2 Å². The summed E-state index contributed by atoms with van der Waals surface area (Å²) in [6.07, 6.45) is 4.61. The number of hydrogen-bond donors (Lipinski definition) is 0. The van der Waals surface area contributed by atoms with Crippen LogP contribution in [0, 0.1) is 16.7 Å². The van der Waals surface area contributed by atoms with E-state index in [2.05, 4.69) is 11.1 Å². The Labute approximate surface area is 135 Å². The van der Waals surface area contributed by atoms with Crippen molar-refractivity contribution in [2.24, 2.45) is 5.41 Å². The Morgan fingerprint density at radius 3 is 3.04 bits per heavy atom. The monoisotopic (exact) mass is 313 g/mol. The van der Waals surface area contributed by atoms with Crippen LogP contribution in [0.1, 0.15) is 43.9 Å². The fourth-order valence-electron chi connectivity index (χ4n) is 3.93. The van der Waals surface area contributed by atoms with Crippen molar-refractivity contribution in [3.8, 4) is 11.8 Å². The number of aromatic nitrogens is 1. The summed E-state index contributed by atoms with van der Waals surface area (Å²) in [5, 5.41) is 9.24. The molecule has 2 saturated heterocycles. The molecular weight excluding hydrogens is 294 g/mol. The molecule has 23 heavy (non-hydrogen) atoms. The zero-order valence-corrected chi connectivity index (χ0v) is 13.3. The summed E-state index contributed by atoms with van der Waals surface area (Å²) >= 11 is 0. The Morgan fingerprint density at radius 2 is 2.35 bits per heavy atom. The summed E-state index contributed by atoms with van der Waals surface area (Å²) in [5.74, 6) is 0.716. The number of pyridine rings is 1. The second-order valence-electron chi connectivity index (χ2n) is 6.85. The third-order valence-electron chi connectivity index (χ3n) is 5.59. The number of rotatable bonds is 1. The second kappa shape index (κ2) is 4.93. The molecule has 2 bridgehead atoms. The summed E-state index contributed by atoms with van der Waals surface area (Å²) in [5.41, 5.74) is 0.800. The van der Waals surface area contributed by atoms with Gasteiger partial charge in [-0.25, -0.2) is 0 Å². The number of nitriles is 1. The highest BCUT2D eigenvalue weighted by atomic mass is 16.5. The molecule has 0 aromatic carbocycles. The minimum Gasteiger partial charge on any atom is -0.487 e. The maximum absolute atomic E-state index is 13.2. The molecule has 120 valence electrons. The van der Waals surface area contributed by atoms with Crippen molar-refractivity contribution in [2.75, 3.05) is 13.2 Å². The topological polar surface area (TPSA) is 75.5 Å². The third-order valence-corrected chi connectivity index (χ3v) is 5.59. The zero-order chi connectivity index (χ0) is 16.2. The molecule has 0 saturated carbocycles. The predicted octanol–water partition coefficient (Wildman–Crippen LogP) is 1.80. The minimum absolute atomic E-state index is 0.0489. The fourth-order valence-corrected chi connectivity index (χ4v) is 3.93. The van der Waals surface area contributed by atoms with E-state index < -0.39 is 5.41 Å². The molecule has 1 aromatic rings. The molecule has 1 aromatic heterocycles. The molecule has 0 aliphatic carbocycles. The van der Waals surface area contributed by atoms with Crippen LogP contribution in [0.25, 0.3) is 0 Å². The summed E-state index contributed by atoms with van der Waals surface area (Å²) in [4.78, 5) is 19.2. The van der Waals surface area contributed by atoms with Gasteiger partial charge in [0.25, 0.3) is 0 Å². The molecular formula is C17H19N3O3. The van der Waals surface area contributed by atoms with Crippen LogP contribution in [-0.2, 0) is 9.53 Å². The highest BCUT2D eigenvalue weighted by Crippen LogP contribution is 2.47. The summed E-state index contributed by atoms with van der Waals surface area (Å²) in [7, 11) is 0. The van der Waals surface area contributed by atoms with Crippen LogP contribution >= 0.6 is 0 Å². The molecule has 2 unspecified atom stereocenters. The highest BCUT2D eigenvalue weighted by Gasteiger charge is 2.51. The Morgan fingerprint density at radius 1 is 1.52 bits per heavy atom. The molecule has 3 aliphatic heterocycles. The van der Waals surface area contributed by atoms with Crippen LogP contribution in [0.4, 0.5) is 0 Å². The van der Waals surface area contributed by atoms with Crippen molar-refractivity contribution in [1.82, 2.24) is 9.88 Å². The normalized spacial score (nSPS) is 34.7. The van der Waals surface area contributed by atoms with Gasteiger partial charge in [0.2, 0.25) is 5.91 Å². The average Bonchev–Trinajstić information content (AvgIpc) is 3.08. The Balaban J connectivity index is 1.71. The van der Waals surface area contributed by atoms with Gasteiger partial charge in [-0.1, -0.05) is 0 Å². The molecule has 4 heterocycles.